The highest BCUT2D eigenvalue weighted by Gasteiger charge is 2.24. The quantitative estimate of drug-likeness (QED) is 0.307. The van der Waals surface area contributed by atoms with E-state index in [2.05, 4.69) is 10.2 Å². The molecule has 0 aliphatic rings. The minimum atomic E-state index is -4.01. The predicted molar refractivity (Wildman–Crippen MR) is 126 cm³/mol. The summed E-state index contributed by atoms with van der Waals surface area (Å²) in [6.07, 6.45) is 0. The molecule has 0 saturated carbocycles. The smallest absolute Gasteiger partial charge is 0.338 e. The first-order valence-electron chi connectivity index (χ1n) is 10.6. The molecule has 0 aromatic heterocycles. The van der Waals surface area contributed by atoms with Gasteiger partial charge in [0, 0.05) is 0 Å². The Labute approximate surface area is 198 Å². The van der Waals surface area contributed by atoms with Crippen LogP contribution in [0.4, 0.5) is 11.4 Å². The minimum absolute atomic E-state index is 0.0584. The molecular formula is C25H24N2O6S. The number of aryl methyl sites for hydroxylation is 1. The van der Waals surface area contributed by atoms with E-state index in [1.54, 1.807) is 50.2 Å². The Morgan fingerprint density at radius 2 is 1.32 bits per heavy atom. The number of benzene rings is 3. The van der Waals surface area contributed by atoms with Gasteiger partial charge in [-0.15, -0.1) is 5.11 Å². The molecule has 0 spiro atoms. The summed E-state index contributed by atoms with van der Waals surface area (Å²) in [7, 11) is -4.01. The number of hydrogen-bond acceptors (Lipinski definition) is 8. The molecule has 0 N–H and O–H groups in total. The van der Waals surface area contributed by atoms with E-state index in [9.17, 15) is 18.0 Å². The van der Waals surface area contributed by atoms with Crippen LogP contribution in [-0.4, -0.2) is 33.6 Å². The molecule has 3 aromatic rings. The predicted octanol–water partition coefficient (Wildman–Crippen LogP) is 5.60. The summed E-state index contributed by atoms with van der Waals surface area (Å²) in [5, 5.41) is 8.23. The molecule has 8 nitrogen and oxygen atoms in total. The number of carbonyl (C=O) groups is 2. The molecule has 0 aliphatic heterocycles. The van der Waals surface area contributed by atoms with Gasteiger partial charge in [-0.1, -0.05) is 17.7 Å². The Kier molecular flexibility index (Phi) is 7.91. The molecule has 34 heavy (non-hydrogen) atoms. The summed E-state index contributed by atoms with van der Waals surface area (Å²) >= 11 is 0. The number of carbonyl (C=O) groups excluding carboxylic acids is 2. The Morgan fingerprint density at radius 3 is 1.91 bits per heavy atom. The molecule has 0 heterocycles. The van der Waals surface area contributed by atoms with Gasteiger partial charge in [-0.2, -0.15) is 5.11 Å². The molecule has 176 valence electrons. The van der Waals surface area contributed by atoms with Crippen LogP contribution < -0.4 is 0 Å². The number of rotatable bonds is 8. The van der Waals surface area contributed by atoms with Crippen molar-refractivity contribution in [2.75, 3.05) is 13.2 Å². The third-order valence-corrected chi connectivity index (χ3v) is 6.54. The Balaban J connectivity index is 2.02. The van der Waals surface area contributed by atoms with Gasteiger partial charge in [0.25, 0.3) is 0 Å². The van der Waals surface area contributed by atoms with Crippen molar-refractivity contribution >= 4 is 33.2 Å². The van der Waals surface area contributed by atoms with E-state index in [0.717, 1.165) is 5.56 Å². The standard InChI is InChI=1S/C25H24N2O6S/c1-4-32-24(28)18-8-11-20(12-9-18)26-27-22-15-10-19(25(29)33-5-2)16-23(22)34(30,31)21-13-6-17(3)7-14-21/h6-16H,4-5H2,1-3H3. The summed E-state index contributed by atoms with van der Waals surface area (Å²) in [5.41, 5.74) is 1.82. The molecule has 0 radical (unpaired) electrons. The van der Waals surface area contributed by atoms with Gasteiger partial charge in [0.05, 0.1) is 34.9 Å². The average molecular weight is 481 g/mol. The van der Waals surface area contributed by atoms with E-state index in [4.69, 9.17) is 9.47 Å². The van der Waals surface area contributed by atoms with Crippen LogP contribution in [0, 0.1) is 6.92 Å². The Hall–Kier alpha value is -3.85. The normalized spacial score (nSPS) is 11.4. The van der Waals surface area contributed by atoms with Crippen molar-refractivity contribution in [3.63, 3.8) is 0 Å². The molecule has 0 fully saturated rings. The van der Waals surface area contributed by atoms with Crippen LogP contribution in [0.3, 0.4) is 0 Å². The lowest BCUT2D eigenvalue weighted by atomic mass is 10.2. The largest absolute Gasteiger partial charge is 0.462 e. The molecule has 9 heteroatoms. The van der Waals surface area contributed by atoms with Crippen LogP contribution in [0.2, 0.25) is 0 Å². The molecule has 3 aromatic carbocycles. The molecule has 0 aliphatic carbocycles. The van der Waals surface area contributed by atoms with Crippen molar-refractivity contribution < 1.29 is 27.5 Å². The highest BCUT2D eigenvalue weighted by molar-refractivity contribution is 7.91. The molecule has 0 saturated heterocycles. The first-order valence-corrected chi connectivity index (χ1v) is 12.1. The molecule has 0 unspecified atom stereocenters. The van der Waals surface area contributed by atoms with Gasteiger partial charge in [0.2, 0.25) is 9.84 Å². The fraction of sp³-hybridized carbons (Fsp3) is 0.200. The monoisotopic (exact) mass is 480 g/mol. The third kappa shape index (κ3) is 5.74. The lowest BCUT2D eigenvalue weighted by molar-refractivity contribution is 0.0516. The van der Waals surface area contributed by atoms with E-state index in [1.807, 2.05) is 6.92 Å². The summed E-state index contributed by atoms with van der Waals surface area (Å²) in [5.74, 6) is -1.09. The van der Waals surface area contributed by atoms with Crippen LogP contribution in [0.25, 0.3) is 0 Å². The van der Waals surface area contributed by atoms with Crippen LogP contribution in [0.5, 0.6) is 0 Å². The maximum absolute atomic E-state index is 13.4. The number of esters is 2. The molecular weight excluding hydrogens is 456 g/mol. The van der Waals surface area contributed by atoms with E-state index in [-0.39, 0.29) is 34.3 Å². The third-order valence-electron chi connectivity index (χ3n) is 4.74. The zero-order valence-corrected chi connectivity index (χ0v) is 19.8. The van der Waals surface area contributed by atoms with Crippen molar-refractivity contribution in [2.24, 2.45) is 10.2 Å². The van der Waals surface area contributed by atoms with Gasteiger partial charge in [-0.25, -0.2) is 18.0 Å². The summed E-state index contributed by atoms with van der Waals surface area (Å²) in [6.45, 7) is 5.65. The van der Waals surface area contributed by atoms with Crippen molar-refractivity contribution in [2.45, 2.75) is 30.6 Å². The van der Waals surface area contributed by atoms with Gasteiger partial charge in [0.15, 0.2) is 0 Å². The highest BCUT2D eigenvalue weighted by Crippen LogP contribution is 2.32. The summed E-state index contributed by atoms with van der Waals surface area (Å²) in [6, 6.07) is 16.7. The average Bonchev–Trinajstić information content (AvgIpc) is 2.83. The highest BCUT2D eigenvalue weighted by atomic mass is 32.2. The maximum Gasteiger partial charge on any atom is 0.338 e. The van der Waals surface area contributed by atoms with Crippen molar-refractivity contribution in [3.8, 4) is 0 Å². The van der Waals surface area contributed by atoms with Crippen LogP contribution in [0.15, 0.2) is 86.7 Å². The van der Waals surface area contributed by atoms with Gasteiger partial charge in [-0.3, -0.25) is 0 Å². The lowest BCUT2D eigenvalue weighted by Gasteiger charge is -2.10. The molecule has 0 amide bonds. The fourth-order valence-electron chi connectivity index (χ4n) is 2.99. The van der Waals surface area contributed by atoms with Gasteiger partial charge in [-0.05, 0) is 75.4 Å². The number of hydrogen-bond donors (Lipinski definition) is 0. The molecule has 0 bridgehead atoms. The second kappa shape index (κ2) is 10.8. The fourth-order valence-corrected chi connectivity index (χ4v) is 4.40. The number of ether oxygens (including phenoxy) is 2. The Bertz CT molecular complexity index is 1310. The number of nitrogens with zero attached hydrogens (tertiary/aromatic N) is 2. The van der Waals surface area contributed by atoms with Crippen molar-refractivity contribution in [3.05, 3.63) is 83.4 Å². The van der Waals surface area contributed by atoms with Gasteiger partial charge >= 0.3 is 11.9 Å². The summed E-state index contributed by atoms with van der Waals surface area (Å²) in [4.78, 5) is 23.9. The van der Waals surface area contributed by atoms with Crippen molar-refractivity contribution in [1.29, 1.82) is 0 Å². The zero-order valence-electron chi connectivity index (χ0n) is 19.0. The van der Waals surface area contributed by atoms with E-state index < -0.39 is 21.8 Å². The molecule has 3 rings (SSSR count). The second-order valence-corrected chi connectivity index (χ2v) is 9.10. The zero-order chi connectivity index (χ0) is 24.7. The van der Waals surface area contributed by atoms with Crippen molar-refractivity contribution in [1.82, 2.24) is 0 Å². The first-order chi connectivity index (χ1) is 16.3. The lowest BCUT2D eigenvalue weighted by Crippen LogP contribution is -2.08. The number of sulfone groups is 1. The number of azo groups is 1. The maximum atomic E-state index is 13.4. The van der Waals surface area contributed by atoms with E-state index in [0.29, 0.717) is 11.3 Å². The van der Waals surface area contributed by atoms with Gasteiger partial charge in [0.1, 0.15) is 10.6 Å². The second-order valence-electron chi connectivity index (χ2n) is 7.19. The SMILES string of the molecule is CCOC(=O)c1ccc(N=Nc2ccc(C(=O)OCC)cc2S(=O)(=O)c2ccc(C)cc2)cc1. The van der Waals surface area contributed by atoms with Crippen LogP contribution in [-0.2, 0) is 19.3 Å². The van der Waals surface area contributed by atoms with E-state index in [1.165, 1.54) is 30.3 Å². The van der Waals surface area contributed by atoms with Crippen LogP contribution >= 0.6 is 0 Å². The van der Waals surface area contributed by atoms with Gasteiger partial charge < -0.3 is 9.47 Å². The minimum Gasteiger partial charge on any atom is -0.462 e. The molecule has 0 atom stereocenters. The first kappa shape index (κ1) is 24.8. The topological polar surface area (TPSA) is 111 Å². The van der Waals surface area contributed by atoms with E-state index >= 15 is 0 Å². The van der Waals surface area contributed by atoms with Crippen LogP contribution in [0.1, 0.15) is 40.1 Å². The summed E-state index contributed by atoms with van der Waals surface area (Å²) < 4.78 is 36.7. The Morgan fingerprint density at radius 1 is 0.765 bits per heavy atom.